The van der Waals surface area contributed by atoms with Crippen molar-refractivity contribution < 1.29 is 0 Å². The smallest absolute Gasteiger partial charge is 0.228 e. The minimum atomic E-state index is 0.144. The summed E-state index contributed by atoms with van der Waals surface area (Å²) in [6.07, 6.45) is 0. The van der Waals surface area contributed by atoms with Gasteiger partial charge in [0.05, 0.1) is 5.82 Å². The molecule has 0 bridgehead atoms. The minimum absolute atomic E-state index is 0.144. The molecule has 0 amide bonds. The molecule has 0 saturated carbocycles. The van der Waals surface area contributed by atoms with Crippen molar-refractivity contribution in [2.45, 2.75) is 26.3 Å². The van der Waals surface area contributed by atoms with Crippen LogP contribution in [0.1, 0.15) is 20.8 Å². The molecule has 1 aliphatic heterocycles. The summed E-state index contributed by atoms with van der Waals surface area (Å²) < 4.78 is 0. The third-order valence-electron chi connectivity index (χ3n) is 2.02. The first kappa shape index (κ1) is 8.50. The van der Waals surface area contributed by atoms with Gasteiger partial charge in [-0.15, -0.1) is 0 Å². The standard InChI is InChI=1S/C8H15BN2/c1-7-10(8(2,3)4)5-6-11(7)9/h1,5-6H2,2-4H3. The van der Waals surface area contributed by atoms with Crippen molar-refractivity contribution in [3.63, 3.8) is 0 Å². The van der Waals surface area contributed by atoms with Crippen LogP contribution in [-0.2, 0) is 0 Å². The van der Waals surface area contributed by atoms with E-state index in [2.05, 4.69) is 32.3 Å². The van der Waals surface area contributed by atoms with Crippen molar-refractivity contribution in [3.8, 4) is 0 Å². The van der Waals surface area contributed by atoms with Crippen LogP contribution < -0.4 is 0 Å². The fraction of sp³-hybridized carbons (Fsp3) is 0.750. The van der Waals surface area contributed by atoms with Crippen molar-refractivity contribution in [2.75, 3.05) is 13.1 Å². The molecule has 0 N–H and O–H groups in total. The van der Waals surface area contributed by atoms with Gasteiger partial charge in [-0.05, 0) is 20.8 Å². The van der Waals surface area contributed by atoms with Gasteiger partial charge in [0.1, 0.15) is 0 Å². The van der Waals surface area contributed by atoms with E-state index in [1.165, 1.54) is 0 Å². The van der Waals surface area contributed by atoms with Crippen molar-refractivity contribution in [1.29, 1.82) is 0 Å². The quantitative estimate of drug-likeness (QED) is 0.474. The molecule has 0 aromatic carbocycles. The lowest BCUT2D eigenvalue weighted by atomic mass is 10.1. The van der Waals surface area contributed by atoms with Crippen LogP contribution in [0.4, 0.5) is 0 Å². The van der Waals surface area contributed by atoms with Gasteiger partial charge in [0.15, 0.2) is 0 Å². The fourth-order valence-corrected chi connectivity index (χ4v) is 1.34. The van der Waals surface area contributed by atoms with E-state index >= 15 is 0 Å². The van der Waals surface area contributed by atoms with E-state index < -0.39 is 0 Å². The number of hydrogen-bond acceptors (Lipinski definition) is 2. The largest absolute Gasteiger partial charge is 0.411 e. The van der Waals surface area contributed by atoms with E-state index in [9.17, 15) is 0 Å². The molecule has 1 aliphatic rings. The molecule has 1 rings (SSSR count). The highest BCUT2D eigenvalue weighted by molar-refractivity contribution is 6.05. The van der Waals surface area contributed by atoms with Crippen molar-refractivity contribution in [2.24, 2.45) is 0 Å². The van der Waals surface area contributed by atoms with Crippen LogP contribution in [0, 0.1) is 0 Å². The lowest BCUT2D eigenvalue weighted by molar-refractivity contribution is 0.209. The lowest BCUT2D eigenvalue weighted by Crippen LogP contribution is -2.38. The van der Waals surface area contributed by atoms with Crippen LogP contribution in [0.2, 0.25) is 0 Å². The monoisotopic (exact) mass is 150 g/mol. The Hall–Kier alpha value is -0.595. The average molecular weight is 150 g/mol. The van der Waals surface area contributed by atoms with E-state index in [-0.39, 0.29) is 5.54 Å². The molecule has 60 valence electrons. The second kappa shape index (κ2) is 2.47. The van der Waals surface area contributed by atoms with Gasteiger partial charge in [0, 0.05) is 18.6 Å². The Bertz CT molecular complexity index is 171. The third-order valence-corrected chi connectivity index (χ3v) is 2.02. The van der Waals surface area contributed by atoms with Crippen LogP contribution in [0.15, 0.2) is 12.4 Å². The predicted molar refractivity (Wildman–Crippen MR) is 48.1 cm³/mol. The molecule has 1 saturated heterocycles. The summed E-state index contributed by atoms with van der Waals surface area (Å²) in [6.45, 7) is 12.3. The third kappa shape index (κ3) is 1.52. The fourth-order valence-electron chi connectivity index (χ4n) is 1.34. The Kier molecular flexibility index (Phi) is 1.91. The molecule has 1 fully saturated rings. The summed E-state index contributed by atoms with van der Waals surface area (Å²) in [7, 11) is 5.66. The maximum Gasteiger partial charge on any atom is 0.228 e. The molecular formula is C8H15BN2. The van der Waals surface area contributed by atoms with Crippen molar-refractivity contribution in [1.82, 2.24) is 9.71 Å². The molecule has 0 aliphatic carbocycles. The summed E-state index contributed by atoms with van der Waals surface area (Å²) in [5.74, 6) is 0.928. The van der Waals surface area contributed by atoms with Gasteiger partial charge in [-0.25, -0.2) is 0 Å². The number of nitrogens with zero attached hydrogens (tertiary/aromatic N) is 2. The van der Waals surface area contributed by atoms with Gasteiger partial charge in [0.2, 0.25) is 7.98 Å². The molecule has 11 heavy (non-hydrogen) atoms. The Morgan fingerprint density at radius 3 is 2.09 bits per heavy atom. The highest BCUT2D eigenvalue weighted by atomic mass is 15.4. The van der Waals surface area contributed by atoms with Gasteiger partial charge >= 0.3 is 0 Å². The topological polar surface area (TPSA) is 6.48 Å². The molecule has 0 unspecified atom stereocenters. The molecule has 0 aromatic heterocycles. The summed E-state index contributed by atoms with van der Waals surface area (Å²) in [5, 5.41) is 0. The van der Waals surface area contributed by atoms with Crippen LogP contribution in [0.25, 0.3) is 0 Å². The second-order valence-corrected chi connectivity index (χ2v) is 3.93. The van der Waals surface area contributed by atoms with Crippen LogP contribution in [-0.4, -0.2) is 36.3 Å². The van der Waals surface area contributed by atoms with Crippen molar-refractivity contribution in [3.05, 3.63) is 12.4 Å². The normalized spacial score (nSPS) is 19.7. The van der Waals surface area contributed by atoms with E-state index in [4.69, 9.17) is 7.98 Å². The SMILES string of the molecule is [B]N1CCN(C(C)(C)C)C1=C. The highest BCUT2D eigenvalue weighted by Gasteiger charge is 2.28. The second-order valence-electron chi connectivity index (χ2n) is 3.93. The lowest BCUT2D eigenvalue weighted by Gasteiger charge is -2.34. The molecule has 3 heteroatoms. The highest BCUT2D eigenvalue weighted by Crippen LogP contribution is 2.23. The Morgan fingerprint density at radius 1 is 1.36 bits per heavy atom. The zero-order valence-electron chi connectivity index (χ0n) is 7.59. The van der Waals surface area contributed by atoms with Crippen LogP contribution >= 0.6 is 0 Å². The molecule has 2 radical (unpaired) electrons. The molecule has 0 spiro atoms. The Morgan fingerprint density at radius 2 is 1.91 bits per heavy atom. The Labute approximate surface area is 70.3 Å². The van der Waals surface area contributed by atoms with Crippen LogP contribution in [0.3, 0.4) is 0 Å². The predicted octanol–water partition coefficient (Wildman–Crippen LogP) is 0.957. The first-order valence-electron chi connectivity index (χ1n) is 3.92. The number of rotatable bonds is 0. The summed E-state index contributed by atoms with van der Waals surface area (Å²) in [4.78, 5) is 3.91. The van der Waals surface area contributed by atoms with E-state index in [1.54, 1.807) is 4.81 Å². The minimum Gasteiger partial charge on any atom is -0.411 e. The van der Waals surface area contributed by atoms with Gasteiger partial charge in [0.25, 0.3) is 0 Å². The van der Waals surface area contributed by atoms with Gasteiger partial charge in [-0.2, -0.15) is 0 Å². The van der Waals surface area contributed by atoms with E-state index in [0.717, 1.165) is 18.9 Å². The zero-order valence-corrected chi connectivity index (χ0v) is 7.59. The summed E-state index contributed by atoms with van der Waals surface area (Å²) in [6, 6.07) is 0. The van der Waals surface area contributed by atoms with E-state index in [1.807, 2.05) is 0 Å². The molecule has 0 aromatic rings. The molecular weight excluding hydrogens is 135 g/mol. The van der Waals surface area contributed by atoms with Crippen molar-refractivity contribution >= 4 is 7.98 Å². The van der Waals surface area contributed by atoms with Gasteiger partial charge < -0.3 is 9.71 Å². The maximum absolute atomic E-state index is 5.66. The number of hydrogen-bond donors (Lipinski definition) is 0. The first-order chi connectivity index (χ1) is 4.93. The molecule has 2 nitrogen and oxygen atoms in total. The Balaban J connectivity index is 2.70. The molecule has 0 atom stereocenters. The van der Waals surface area contributed by atoms with E-state index in [0.29, 0.717) is 0 Å². The maximum atomic E-state index is 5.66. The van der Waals surface area contributed by atoms with Crippen LogP contribution in [0.5, 0.6) is 0 Å². The van der Waals surface area contributed by atoms with Gasteiger partial charge in [-0.3, -0.25) is 0 Å². The van der Waals surface area contributed by atoms with Gasteiger partial charge in [-0.1, -0.05) is 6.58 Å². The zero-order chi connectivity index (χ0) is 8.65. The summed E-state index contributed by atoms with van der Waals surface area (Å²) >= 11 is 0. The molecule has 1 heterocycles. The summed E-state index contributed by atoms with van der Waals surface area (Å²) in [5.41, 5.74) is 0.144. The first-order valence-corrected chi connectivity index (χ1v) is 3.92. The average Bonchev–Trinajstić information content (AvgIpc) is 2.11.